The summed E-state index contributed by atoms with van der Waals surface area (Å²) in [5, 5.41) is 0. The molecule has 0 aromatic heterocycles. The van der Waals surface area contributed by atoms with Crippen LogP contribution in [0.4, 0.5) is 0 Å². The maximum absolute atomic E-state index is 2.44. The molecule has 1 aliphatic heterocycles. The average Bonchev–Trinajstić information content (AvgIpc) is 2.02. The molecule has 0 N–H and O–H groups in total. The van der Waals surface area contributed by atoms with E-state index in [0.717, 1.165) is 12.1 Å². The smallest absolute Gasteiger partial charge is 0.0861 e. The fraction of sp³-hybridized carbons (Fsp3) is 1.00. The Bertz CT molecular complexity index is 132. The molecule has 1 saturated heterocycles. The van der Waals surface area contributed by atoms with Gasteiger partial charge in [-0.15, -0.1) is 0 Å². The summed E-state index contributed by atoms with van der Waals surface area (Å²) in [7, 11) is 2.44. The number of nitrogens with zero attached hydrogens (tertiary/aromatic N) is 1. The second-order valence-electron chi connectivity index (χ2n) is 4.70. The molecule has 0 aromatic carbocycles. The van der Waals surface area contributed by atoms with Crippen molar-refractivity contribution in [2.24, 2.45) is 0 Å². The summed E-state index contributed by atoms with van der Waals surface area (Å²) in [5.74, 6) is 0. The van der Waals surface area contributed by atoms with E-state index in [4.69, 9.17) is 0 Å². The summed E-state index contributed by atoms with van der Waals surface area (Å²) in [6.45, 7) is 8.51. The molecule has 0 amide bonds. The summed E-state index contributed by atoms with van der Waals surface area (Å²) >= 11 is 0. The van der Waals surface area contributed by atoms with Crippen LogP contribution in [0, 0.1) is 0 Å². The first-order valence-corrected chi connectivity index (χ1v) is 5.46. The van der Waals surface area contributed by atoms with Crippen LogP contribution >= 0.6 is 0 Å². The molecule has 1 nitrogen and oxygen atoms in total. The van der Waals surface area contributed by atoms with Crippen molar-refractivity contribution in [3.05, 3.63) is 0 Å². The van der Waals surface area contributed by atoms with E-state index in [9.17, 15) is 0 Å². The standard InChI is InChI=1S/C11H24N/c1-5-9-12(4)10(2)7-6-8-11(12)3/h10-11H,5-9H2,1-4H3/q+1. The molecule has 0 radical (unpaired) electrons. The molecule has 12 heavy (non-hydrogen) atoms. The SMILES string of the molecule is CCC[N+]1(C)C(C)CCCC1C. The highest BCUT2D eigenvalue weighted by atomic mass is 15.4. The summed E-state index contributed by atoms with van der Waals surface area (Å²) < 4.78 is 1.32. The molecule has 1 aliphatic rings. The van der Waals surface area contributed by atoms with Crippen LogP contribution < -0.4 is 0 Å². The lowest BCUT2D eigenvalue weighted by Gasteiger charge is -2.48. The first-order chi connectivity index (χ1) is 5.61. The summed E-state index contributed by atoms with van der Waals surface area (Å²) in [6.07, 6.45) is 5.63. The third-order valence-electron chi connectivity index (χ3n) is 3.96. The molecule has 1 heterocycles. The molecule has 0 spiro atoms. The molecule has 0 aromatic rings. The van der Waals surface area contributed by atoms with Crippen LogP contribution in [-0.4, -0.2) is 30.2 Å². The van der Waals surface area contributed by atoms with Crippen molar-refractivity contribution >= 4 is 0 Å². The number of hydrogen-bond acceptors (Lipinski definition) is 0. The molecular weight excluding hydrogens is 146 g/mol. The Morgan fingerprint density at radius 3 is 2.08 bits per heavy atom. The van der Waals surface area contributed by atoms with E-state index >= 15 is 0 Å². The molecule has 2 atom stereocenters. The molecule has 1 rings (SSSR count). The third kappa shape index (κ3) is 1.66. The quantitative estimate of drug-likeness (QED) is 0.559. The normalized spacial score (nSPS) is 43.0. The molecular formula is C11H24N+. The van der Waals surface area contributed by atoms with Crippen LogP contribution in [0.1, 0.15) is 46.5 Å². The van der Waals surface area contributed by atoms with Gasteiger partial charge in [-0.3, -0.25) is 0 Å². The van der Waals surface area contributed by atoms with Crippen LogP contribution in [0.5, 0.6) is 0 Å². The lowest BCUT2D eigenvalue weighted by atomic mass is 9.94. The zero-order valence-corrected chi connectivity index (χ0v) is 9.14. The van der Waals surface area contributed by atoms with Gasteiger partial charge >= 0.3 is 0 Å². The minimum atomic E-state index is 0.883. The second kappa shape index (κ2) is 3.78. The van der Waals surface area contributed by atoms with E-state index in [1.165, 1.54) is 36.7 Å². The number of piperidine rings is 1. The first kappa shape index (κ1) is 10.0. The van der Waals surface area contributed by atoms with Crippen molar-refractivity contribution < 1.29 is 4.48 Å². The fourth-order valence-electron chi connectivity index (χ4n) is 2.66. The van der Waals surface area contributed by atoms with Gasteiger partial charge in [-0.2, -0.15) is 0 Å². The fourth-order valence-corrected chi connectivity index (χ4v) is 2.66. The van der Waals surface area contributed by atoms with E-state index in [0.29, 0.717) is 0 Å². The Morgan fingerprint density at radius 2 is 1.67 bits per heavy atom. The predicted molar refractivity (Wildman–Crippen MR) is 54.1 cm³/mol. The molecule has 0 bridgehead atoms. The number of rotatable bonds is 2. The topological polar surface area (TPSA) is 0 Å². The van der Waals surface area contributed by atoms with Gasteiger partial charge in [0.15, 0.2) is 0 Å². The van der Waals surface area contributed by atoms with E-state index in [-0.39, 0.29) is 0 Å². The van der Waals surface area contributed by atoms with Crippen LogP contribution in [0.3, 0.4) is 0 Å². The Hall–Kier alpha value is -0.0400. The van der Waals surface area contributed by atoms with Gasteiger partial charge in [-0.1, -0.05) is 6.92 Å². The van der Waals surface area contributed by atoms with Gasteiger partial charge in [0.2, 0.25) is 0 Å². The minimum Gasteiger partial charge on any atom is -0.322 e. The first-order valence-electron chi connectivity index (χ1n) is 5.46. The average molecular weight is 170 g/mol. The van der Waals surface area contributed by atoms with Gasteiger partial charge in [0.1, 0.15) is 0 Å². The number of likely N-dealkylation sites (tertiary alicyclic amines) is 1. The third-order valence-corrected chi connectivity index (χ3v) is 3.96. The molecule has 72 valence electrons. The second-order valence-corrected chi connectivity index (χ2v) is 4.70. The van der Waals surface area contributed by atoms with Gasteiger partial charge in [0.05, 0.1) is 25.7 Å². The van der Waals surface area contributed by atoms with E-state index in [2.05, 4.69) is 27.8 Å². The van der Waals surface area contributed by atoms with E-state index < -0.39 is 0 Å². The monoisotopic (exact) mass is 170 g/mol. The molecule has 0 aliphatic carbocycles. The van der Waals surface area contributed by atoms with Crippen molar-refractivity contribution in [1.82, 2.24) is 0 Å². The minimum absolute atomic E-state index is 0.883. The highest BCUT2D eigenvalue weighted by Gasteiger charge is 2.36. The van der Waals surface area contributed by atoms with E-state index in [1.54, 1.807) is 0 Å². The predicted octanol–water partition coefficient (Wildman–Crippen LogP) is 2.80. The lowest BCUT2D eigenvalue weighted by molar-refractivity contribution is -0.957. The van der Waals surface area contributed by atoms with Gasteiger partial charge in [0.25, 0.3) is 0 Å². The lowest BCUT2D eigenvalue weighted by Crippen LogP contribution is -2.59. The van der Waals surface area contributed by atoms with Gasteiger partial charge in [-0.25, -0.2) is 0 Å². The zero-order valence-electron chi connectivity index (χ0n) is 9.14. The van der Waals surface area contributed by atoms with E-state index in [1.807, 2.05) is 0 Å². The number of hydrogen-bond donors (Lipinski definition) is 0. The Balaban J connectivity index is 2.66. The van der Waals surface area contributed by atoms with Crippen LogP contribution in [-0.2, 0) is 0 Å². The zero-order chi connectivity index (χ0) is 9.19. The maximum atomic E-state index is 2.44. The van der Waals surface area contributed by atoms with Crippen molar-refractivity contribution in [3.63, 3.8) is 0 Å². The Labute approximate surface area is 77.4 Å². The van der Waals surface area contributed by atoms with Crippen molar-refractivity contribution in [2.45, 2.75) is 58.5 Å². The molecule has 1 fully saturated rings. The van der Waals surface area contributed by atoms with Gasteiger partial charge < -0.3 is 4.48 Å². The van der Waals surface area contributed by atoms with Crippen molar-refractivity contribution in [3.8, 4) is 0 Å². The van der Waals surface area contributed by atoms with Crippen LogP contribution in [0.15, 0.2) is 0 Å². The summed E-state index contributed by atoms with van der Waals surface area (Å²) in [5.41, 5.74) is 0. The maximum Gasteiger partial charge on any atom is 0.0861 e. The highest BCUT2D eigenvalue weighted by molar-refractivity contribution is 4.66. The van der Waals surface area contributed by atoms with Crippen LogP contribution in [0.2, 0.25) is 0 Å². The Morgan fingerprint density at radius 1 is 1.17 bits per heavy atom. The van der Waals surface area contributed by atoms with Crippen molar-refractivity contribution in [1.29, 1.82) is 0 Å². The van der Waals surface area contributed by atoms with Crippen LogP contribution in [0.25, 0.3) is 0 Å². The Kier molecular flexibility index (Phi) is 3.16. The summed E-state index contributed by atoms with van der Waals surface area (Å²) in [4.78, 5) is 0. The van der Waals surface area contributed by atoms with Gasteiger partial charge in [-0.05, 0) is 39.5 Å². The highest BCUT2D eigenvalue weighted by Crippen LogP contribution is 2.29. The molecule has 0 saturated carbocycles. The largest absolute Gasteiger partial charge is 0.322 e. The van der Waals surface area contributed by atoms with Gasteiger partial charge in [0, 0.05) is 0 Å². The van der Waals surface area contributed by atoms with Crippen molar-refractivity contribution in [2.75, 3.05) is 13.6 Å². The summed E-state index contributed by atoms with van der Waals surface area (Å²) in [6, 6.07) is 1.77. The number of quaternary nitrogens is 1. The molecule has 2 unspecified atom stereocenters. The molecule has 1 heteroatoms.